The molecule has 102 valence electrons. The smallest absolute Gasteiger partial charge is 0.193 e. The van der Waals surface area contributed by atoms with Gasteiger partial charge in [0.25, 0.3) is 0 Å². The topological polar surface area (TPSA) is 26.3 Å². The lowest BCUT2D eigenvalue weighted by Crippen LogP contribution is -2.24. The Morgan fingerprint density at radius 1 is 1.10 bits per heavy atom. The van der Waals surface area contributed by atoms with Gasteiger partial charge in [-0.1, -0.05) is 0 Å². The monoisotopic (exact) mass is 270 g/mol. The first-order chi connectivity index (χ1) is 9.44. The molecule has 1 aliphatic heterocycles. The van der Waals surface area contributed by atoms with Crippen LogP contribution >= 0.6 is 0 Å². The van der Waals surface area contributed by atoms with Crippen LogP contribution in [0, 0.1) is 5.82 Å². The highest BCUT2D eigenvalue weighted by molar-refractivity contribution is 6.09. The summed E-state index contributed by atoms with van der Waals surface area (Å²) >= 11 is 0. The van der Waals surface area contributed by atoms with Gasteiger partial charge in [-0.2, -0.15) is 0 Å². The van der Waals surface area contributed by atoms with Gasteiger partial charge >= 0.3 is 0 Å². The van der Waals surface area contributed by atoms with Crippen molar-refractivity contribution in [2.75, 3.05) is 0 Å². The van der Waals surface area contributed by atoms with Gasteiger partial charge in [0.15, 0.2) is 5.78 Å². The number of ketones is 1. The van der Waals surface area contributed by atoms with Gasteiger partial charge in [0, 0.05) is 17.5 Å². The average Bonchev–Trinajstić information content (AvgIpc) is 2.71. The molecule has 3 heteroatoms. The van der Waals surface area contributed by atoms with Crippen LogP contribution in [-0.2, 0) is 6.42 Å². The van der Waals surface area contributed by atoms with Crippen molar-refractivity contribution in [3.8, 4) is 5.75 Å². The maximum Gasteiger partial charge on any atom is 0.193 e. The zero-order valence-electron chi connectivity index (χ0n) is 11.4. The van der Waals surface area contributed by atoms with Gasteiger partial charge in [-0.15, -0.1) is 0 Å². The summed E-state index contributed by atoms with van der Waals surface area (Å²) in [7, 11) is 0. The fourth-order valence-corrected chi connectivity index (χ4v) is 2.52. The first kappa shape index (κ1) is 12.9. The molecule has 0 bridgehead atoms. The summed E-state index contributed by atoms with van der Waals surface area (Å²) in [5.41, 5.74) is 1.92. The molecule has 20 heavy (non-hydrogen) atoms. The van der Waals surface area contributed by atoms with Gasteiger partial charge < -0.3 is 4.74 Å². The van der Waals surface area contributed by atoms with Crippen LogP contribution in [0.4, 0.5) is 4.39 Å². The minimum absolute atomic E-state index is 0.0995. The summed E-state index contributed by atoms with van der Waals surface area (Å²) < 4.78 is 18.7. The van der Waals surface area contributed by atoms with Crippen molar-refractivity contribution in [2.45, 2.75) is 25.9 Å². The third kappa shape index (κ3) is 2.31. The lowest BCUT2D eigenvalue weighted by atomic mass is 9.97. The summed E-state index contributed by atoms with van der Waals surface area (Å²) in [5, 5.41) is 0. The van der Waals surface area contributed by atoms with Crippen molar-refractivity contribution in [1.82, 2.24) is 0 Å². The molecule has 3 rings (SSSR count). The second-order valence-corrected chi connectivity index (χ2v) is 5.70. The van der Waals surface area contributed by atoms with Gasteiger partial charge in [0.2, 0.25) is 0 Å². The fraction of sp³-hybridized carbons (Fsp3) is 0.235. The van der Waals surface area contributed by atoms with Gasteiger partial charge in [-0.05, 0) is 61.9 Å². The van der Waals surface area contributed by atoms with Gasteiger partial charge in [0.1, 0.15) is 17.2 Å². The van der Waals surface area contributed by atoms with Crippen molar-refractivity contribution in [2.24, 2.45) is 0 Å². The molecule has 0 saturated carbocycles. The van der Waals surface area contributed by atoms with E-state index >= 15 is 0 Å². The van der Waals surface area contributed by atoms with Crippen LogP contribution in [0.25, 0.3) is 0 Å². The van der Waals surface area contributed by atoms with Crippen LogP contribution in [0.3, 0.4) is 0 Å². The van der Waals surface area contributed by atoms with Crippen molar-refractivity contribution in [3.05, 3.63) is 65.0 Å². The molecule has 2 aromatic carbocycles. The SMILES string of the molecule is CC1(C)Cc2cc(C(=O)c3ccc(F)cc3)ccc2O1. The van der Waals surface area contributed by atoms with E-state index in [0.29, 0.717) is 11.1 Å². The van der Waals surface area contributed by atoms with Crippen LogP contribution in [0.1, 0.15) is 35.3 Å². The number of fused-ring (bicyclic) bond motifs is 1. The molecule has 0 saturated heterocycles. The standard InChI is InChI=1S/C17H15FO2/c1-17(2)10-13-9-12(5-8-15(13)20-17)16(19)11-3-6-14(18)7-4-11/h3-9H,10H2,1-2H3. The van der Waals surface area contributed by atoms with E-state index in [0.717, 1.165) is 17.7 Å². The molecule has 0 aromatic heterocycles. The normalized spacial score (nSPS) is 15.6. The van der Waals surface area contributed by atoms with E-state index in [1.165, 1.54) is 24.3 Å². The highest BCUT2D eigenvalue weighted by Gasteiger charge is 2.30. The molecule has 1 aliphatic rings. The number of halogens is 1. The Bertz CT molecular complexity index is 672. The van der Waals surface area contributed by atoms with Crippen molar-refractivity contribution in [3.63, 3.8) is 0 Å². The van der Waals surface area contributed by atoms with Crippen molar-refractivity contribution in [1.29, 1.82) is 0 Å². The average molecular weight is 270 g/mol. The van der Waals surface area contributed by atoms with E-state index in [4.69, 9.17) is 4.74 Å². The summed E-state index contributed by atoms with van der Waals surface area (Å²) in [6.45, 7) is 4.04. The minimum Gasteiger partial charge on any atom is -0.487 e. The van der Waals surface area contributed by atoms with Crippen molar-refractivity contribution >= 4 is 5.78 Å². The molecule has 0 amide bonds. The Kier molecular flexibility index (Phi) is 2.85. The summed E-state index contributed by atoms with van der Waals surface area (Å²) in [4.78, 5) is 12.4. The van der Waals surface area contributed by atoms with Gasteiger partial charge in [-0.3, -0.25) is 4.79 Å². The summed E-state index contributed by atoms with van der Waals surface area (Å²) in [6, 6.07) is 11.1. The maximum absolute atomic E-state index is 12.9. The first-order valence-electron chi connectivity index (χ1n) is 6.57. The predicted octanol–water partition coefficient (Wildman–Crippen LogP) is 3.77. The largest absolute Gasteiger partial charge is 0.487 e. The highest BCUT2D eigenvalue weighted by atomic mass is 19.1. The molecule has 0 N–H and O–H groups in total. The van der Waals surface area contributed by atoms with E-state index in [9.17, 15) is 9.18 Å². The van der Waals surface area contributed by atoms with Gasteiger partial charge in [0.05, 0.1) is 0 Å². The van der Waals surface area contributed by atoms with E-state index in [2.05, 4.69) is 0 Å². The number of hydrogen-bond donors (Lipinski definition) is 0. The molecule has 0 spiro atoms. The van der Waals surface area contributed by atoms with E-state index in [-0.39, 0.29) is 17.2 Å². The van der Waals surface area contributed by atoms with E-state index in [1.807, 2.05) is 26.0 Å². The number of ether oxygens (including phenoxy) is 1. The quantitative estimate of drug-likeness (QED) is 0.776. The zero-order valence-corrected chi connectivity index (χ0v) is 11.4. The fourth-order valence-electron chi connectivity index (χ4n) is 2.52. The second kappa shape index (κ2) is 4.44. The molecule has 0 fully saturated rings. The Hall–Kier alpha value is -2.16. The first-order valence-corrected chi connectivity index (χ1v) is 6.57. The molecule has 1 heterocycles. The molecule has 0 unspecified atom stereocenters. The molecule has 0 radical (unpaired) electrons. The van der Waals surface area contributed by atoms with Crippen LogP contribution in [0.15, 0.2) is 42.5 Å². The summed E-state index contributed by atoms with van der Waals surface area (Å²) in [6.07, 6.45) is 0.785. The third-order valence-electron chi connectivity index (χ3n) is 3.43. The molecular weight excluding hydrogens is 255 g/mol. The Balaban J connectivity index is 1.93. The lowest BCUT2D eigenvalue weighted by Gasteiger charge is -2.16. The third-order valence-corrected chi connectivity index (χ3v) is 3.43. The molecule has 2 aromatic rings. The number of hydrogen-bond acceptors (Lipinski definition) is 2. The number of carbonyl (C=O) groups is 1. The summed E-state index contributed by atoms with van der Waals surface area (Å²) in [5.74, 6) is 0.397. The van der Waals surface area contributed by atoms with Crippen molar-refractivity contribution < 1.29 is 13.9 Å². The minimum atomic E-state index is -0.342. The Morgan fingerprint density at radius 2 is 1.75 bits per heavy atom. The van der Waals surface area contributed by atoms with Crippen LogP contribution in [0.2, 0.25) is 0 Å². The molecular formula is C17H15FO2. The van der Waals surface area contributed by atoms with Crippen LogP contribution in [0.5, 0.6) is 5.75 Å². The Labute approximate surface area is 117 Å². The van der Waals surface area contributed by atoms with Crippen LogP contribution < -0.4 is 4.74 Å². The number of rotatable bonds is 2. The highest BCUT2D eigenvalue weighted by Crippen LogP contribution is 2.35. The second-order valence-electron chi connectivity index (χ2n) is 5.70. The Morgan fingerprint density at radius 3 is 2.45 bits per heavy atom. The van der Waals surface area contributed by atoms with Gasteiger partial charge in [-0.25, -0.2) is 4.39 Å². The lowest BCUT2D eigenvalue weighted by molar-refractivity contribution is 0.103. The van der Waals surface area contributed by atoms with Crippen LogP contribution in [-0.4, -0.2) is 11.4 Å². The number of carbonyl (C=O) groups excluding carboxylic acids is 1. The number of benzene rings is 2. The molecule has 0 atom stereocenters. The predicted molar refractivity (Wildman–Crippen MR) is 74.7 cm³/mol. The van der Waals surface area contributed by atoms with E-state index < -0.39 is 0 Å². The molecule has 0 aliphatic carbocycles. The van der Waals surface area contributed by atoms with E-state index in [1.54, 1.807) is 6.07 Å². The maximum atomic E-state index is 12.9. The molecule has 2 nitrogen and oxygen atoms in total. The zero-order chi connectivity index (χ0) is 14.3.